The Kier molecular flexibility index (Phi) is 4.23. The zero-order valence-electron chi connectivity index (χ0n) is 15.3. The molecule has 0 aliphatic rings. The summed E-state index contributed by atoms with van der Waals surface area (Å²) in [6.45, 7) is 3.19. The lowest BCUT2D eigenvalue weighted by molar-refractivity contribution is -0.114. The molecule has 2 aromatic heterocycles. The van der Waals surface area contributed by atoms with E-state index in [0.717, 1.165) is 10.1 Å². The van der Waals surface area contributed by atoms with Gasteiger partial charge in [-0.25, -0.2) is 14.8 Å². The van der Waals surface area contributed by atoms with E-state index in [9.17, 15) is 14.4 Å². The molecule has 8 heteroatoms. The van der Waals surface area contributed by atoms with E-state index in [1.165, 1.54) is 6.92 Å². The van der Waals surface area contributed by atoms with Crippen molar-refractivity contribution in [2.75, 3.05) is 5.32 Å². The number of benzene rings is 2. The van der Waals surface area contributed by atoms with Crippen LogP contribution < -0.4 is 16.6 Å². The fourth-order valence-corrected chi connectivity index (χ4v) is 3.17. The third kappa shape index (κ3) is 3.05. The summed E-state index contributed by atoms with van der Waals surface area (Å²) in [6.07, 6.45) is 0. The summed E-state index contributed by atoms with van der Waals surface area (Å²) in [6, 6.07) is 13.8. The predicted molar refractivity (Wildman–Crippen MR) is 106 cm³/mol. The average Bonchev–Trinajstić information content (AvgIpc) is 2.67. The van der Waals surface area contributed by atoms with E-state index in [1.54, 1.807) is 25.1 Å². The molecule has 1 atom stereocenters. The Bertz CT molecular complexity index is 1330. The largest absolute Gasteiger partial charge is 0.330 e. The maximum atomic E-state index is 13.0. The first kappa shape index (κ1) is 17.6. The number of hydrogen-bond acceptors (Lipinski definition) is 5. The number of nitrogens with one attached hydrogen (secondary N) is 2. The van der Waals surface area contributed by atoms with Crippen LogP contribution in [0.4, 0.5) is 5.69 Å². The first-order chi connectivity index (χ1) is 13.4. The maximum absolute atomic E-state index is 13.0. The van der Waals surface area contributed by atoms with Crippen molar-refractivity contribution in [1.29, 1.82) is 0 Å². The highest BCUT2D eigenvalue weighted by atomic mass is 16.2. The zero-order valence-corrected chi connectivity index (χ0v) is 15.3. The number of fused-ring (bicyclic) bond motifs is 2. The molecule has 2 N–H and O–H groups in total. The molecule has 140 valence electrons. The fraction of sp³-hybridized carbons (Fsp3) is 0.150. The van der Waals surface area contributed by atoms with Crippen LogP contribution in [0, 0.1) is 0 Å². The third-order valence-electron chi connectivity index (χ3n) is 4.52. The second-order valence-corrected chi connectivity index (χ2v) is 6.50. The van der Waals surface area contributed by atoms with Crippen LogP contribution in [-0.2, 0) is 4.79 Å². The molecule has 0 aliphatic carbocycles. The Morgan fingerprint density at radius 3 is 2.54 bits per heavy atom. The number of carbonyl (C=O) groups excluding carboxylic acids is 1. The molecule has 28 heavy (non-hydrogen) atoms. The first-order valence-electron chi connectivity index (χ1n) is 8.73. The van der Waals surface area contributed by atoms with Crippen LogP contribution in [0.5, 0.6) is 0 Å². The number of amides is 1. The van der Waals surface area contributed by atoms with E-state index < -0.39 is 17.3 Å². The minimum atomic E-state index is -0.555. The van der Waals surface area contributed by atoms with E-state index in [0.29, 0.717) is 16.7 Å². The monoisotopic (exact) mass is 375 g/mol. The van der Waals surface area contributed by atoms with Gasteiger partial charge in [0.2, 0.25) is 5.91 Å². The van der Waals surface area contributed by atoms with Crippen molar-refractivity contribution in [2.45, 2.75) is 19.9 Å². The summed E-state index contributed by atoms with van der Waals surface area (Å²) < 4.78 is 1.14. The molecule has 0 fully saturated rings. The standard InChI is InChI=1S/C20H17N5O3/c1-11(13-6-4-3-5-7-13)25-19(27)17-18(24-20(25)28)23-16-10-14(21-12(2)26)8-9-15(16)22-17/h3-11H,1-2H3,(H,21,26)(H,23,24,28)/t11-/m0/s1. The molecule has 0 unspecified atom stereocenters. The number of rotatable bonds is 3. The molecule has 0 saturated heterocycles. The van der Waals surface area contributed by atoms with E-state index >= 15 is 0 Å². The number of hydrogen-bond donors (Lipinski definition) is 2. The highest BCUT2D eigenvalue weighted by Crippen LogP contribution is 2.18. The van der Waals surface area contributed by atoms with Gasteiger partial charge in [0.05, 0.1) is 17.1 Å². The van der Waals surface area contributed by atoms with Gasteiger partial charge in [-0.2, -0.15) is 0 Å². The van der Waals surface area contributed by atoms with Crippen molar-refractivity contribution in [3.63, 3.8) is 0 Å². The molecule has 1 amide bonds. The highest BCUT2D eigenvalue weighted by Gasteiger charge is 2.17. The smallest absolute Gasteiger partial charge is 0.326 e. The van der Waals surface area contributed by atoms with E-state index in [4.69, 9.17) is 0 Å². The molecule has 2 heterocycles. The molecule has 0 spiro atoms. The van der Waals surface area contributed by atoms with E-state index in [1.807, 2.05) is 30.3 Å². The lowest BCUT2D eigenvalue weighted by Gasteiger charge is -2.14. The minimum absolute atomic E-state index is 0.0853. The molecule has 4 rings (SSSR count). The number of aromatic nitrogens is 4. The lowest BCUT2D eigenvalue weighted by Crippen LogP contribution is -2.38. The molecular weight excluding hydrogens is 358 g/mol. The Hall–Kier alpha value is -3.81. The van der Waals surface area contributed by atoms with Gasteiger partial charge in [-0.05, 0) is 30.7 Å². The van der Waals surface area contributed by atoms with Crippen molar-refractivity contribution < 1.29 is 4.79 Å². The number of carbonyl (C=O) groups is 1. The SMILES string of the molecule is CC(=O)Nc1ccc2nc3c(=O)n([C@@H](C)c4ccccc4)c(=O)[nH]c3nc2c1. The molecule has 0 aliphatic heterocycles. The maximum Gasteiger partial charge on any atom is 0.330 e. The molecule has 0 radical (unpaired) electrons. The number of aromatic amines is 1. The van der Waals surface area contributed by atoms with Crippen LogP contribution in [0.15, 0.2) is 58.1 Å². The van der Waals surface area contributed by atoms with Crippen LogP contribution in [-0.4, -0.2) is 25.4 Å². The van der Waals surface area contributed by atoms with E-state index in [2.05, 4.69) is 20.3 Å². The summed E-state index contributed by atoms with van der Waals surface area (Å²) >= 11 is 0. The Balaban J connectivity index is 1.91. The van der Waals surface area contributed by atoms with Crippen LogP contribution in [0.2, 0.25) is 0 Å². The molecule has 0 bridgehead atoms. The second-order valence-electron chi connectivity index (χ2n) is 6.50. The number of H-pyrrole nitrogens is 1. The summed E-state index contributed by atoms with van der Waals surface area (Å²) in [4.78, 5) is 48.2. The van der Waals surface area contributed by atoms with Crippen molar-refractivity contribution in [2.24, 2.45) is 0 Å². The topological polar surface area (TPSA) is 110 Å². The first-order valence-corrected chi connectivity index (χ1v) is 8.73. The molecule has 2 aromatic carbocycles. The van der Waals surface area contributed by atoms with Gasteiger partial charge < -0.3 is 5.32 Å². The van der Waals surface area contributed by atoms with Crippen LogP contribution in [0.25, 0.3) is 22.2 Å². The Morgan fingerprint density at radius 2 is 1.82 bits per heavy atom. The lowest BCUT2D eigenvalue weighted by atomic mass is 10.1. The number of anilines is 1. The summed E-state index contributed by atoms with van der Waals surface area (Å²) in [5, 5.41) is 2.67. The zero-order chi connectivity index (χ0) is 19.8. The van der Waals surface area contributed by atoms with Gasteiger partial charge in [-0.3, -0.25) is 19.1 Å². The summed E-state index contributed by atoms with van der Waals surface area (Å²) in [7, 11) is 0. The van der Waals surface area contributed by atoms with Gasteiger partial charge >= 0.3 is 5.69 Å². The average molecular weight is 375 g/mol. The van der Waals surface area contributed by atoms with Crippen LogP contribution >= 0.6 is 0 Å². The molecular formula is C20H17N5O3. The van der Waals surface area contributed by atoms with Gasteiger partial charge in [0.25, 0.3) is 5.56 Å². The Morgan fingerprint density at radius 1 is 1.07 bits per heavy atom. The molecule has 4 aromatic rings. The van der Waals surface area contributed by atoms with Crippen molar-refractivity contribution in [1.82, 2.24) is 19.5 Å². The predicted octanol–water partition coefficient (Wildman–Crippen LogP) is 2.20. The van der Waals surface area contributed by atoms with Gasteiger partial charge in [0, 0.05) is 12.6 Å². The molecule has 0 saturated carbocycles. The minimum Gasteiger partial charge on any atom is -0.326 e. The van der Waals surface area contributed by atoms with Crippen molar-refractivity contribution >= 4 is 33.8 Å². The fourth-order valence-electron chi connectivity index (χ4n) is 3.17. The van der Waals surface area contributed by atoms with Gasteiger partial charge in [0.1, 0.15) is 0 Å². The van der Waals surface area contributed by atoms with Gasteiger partial charge in [-0.15, -0.1) is 0 Å². The summed E-state index contributed by atoms with van der Waals surface area (Å²) in [5.74, 6) is -0.209. The highest BCUT2D eigenvalue weighted by molar-refractivity contribution is 5.92. The third-order valence-corrected chi connectivity index (χ3v) is 4.52. The van der Waals surface area contributed by atoms with Crippen molar-refractivity contribution in [3.05, 3.63) is 74.9 Å². The normalized spacial score (nSPS) is 12.2. The number of nitrogens with zero attached hydrogens (tertiary/aromatic N) is 3. The quantitative estimate of drug-likeness (QED) is 0.534. The Labute approximate surface area is 158 Å². The van der Waals surface area contributed by atoms with Crippen molar-refractivity contribution in [3.8, 4) is 0 Å². The van der Waals surface area contributed by atoms with Crippen LogP contribution in [0.1, 0.15) is 25.5 Å². The molecule has 8 nitrogen and oxygen atoms in total. The van der Waals surface area contributed by atoms with Gasteiger partial charge in [-0.1, -0.05) is 30.3 Å². The van der Waals surface area contributed by atoms with E-state index in [-0.39, 0.29) is 17.1 Å². The van der Waals surface area contributed by atoms with Gasteiger partial charge in [0.15, 0.2) is 11.2 Å². The second kappa shape index (κ2) is 6.73. The van der Waals surface area contributed by atoms with Crippen LogP contribution in [0.3, 0.4) is 0 Å². The summed E-state index contributed by atoms with van der Waals surface area (Å²) in [5.41, 5.74) is 1.48.